The minimum Gasteiger partial charge on any atom is -0.369 e. The van der Waals surface area contributed by atoms with Crippen LogP contribution in [0, 0.1) is 5.92 Å². The van der Waals surface area contributed by atoms with E-state index >= 15 is 0 Å². The second kappa shape index (κ2) is 9.87. The Labute approximate surface area is 172 Å². The Hall–Kier alpha value is -2.41. The summed E-state index contributed by atoms with van der Waals surface area (Å²) in [6, 6.07) is 7.42. The number of amides is 3. The van der Waals surface area contributed by atoms with Gasteiger partial charge in [0, 0.05) is 43.5 Å². The lowest BCUT2D eigenvalue weighted by molar-refractivity contribution is -0.121. The van der Waals surface area contributed by atoms with Gasteiger partial charge in [-0.15, -0.1) is 0 Å². The number of hydrogen-bond donors (Lipinski definition) is 2. The molecule has 0 aromatic heterocycles. The van der Waals surface area contributed by atoms with Crippen LogP contribution >= 0.6 is 0 Å². The van der Waals surface area contributed by atoms with Crippen LogP contribution in [0.4, 0.5) is 10.5 Å². The highest BCUT2D eigenvalue weighted by molar-refractivity contribution is 5.95. The van der Waals surface area contributed by atoms with Crippen molar-refractivity contribution >= 4 is 23.4 Å². The van der Waals surface area contributed by atoms with Crippen molar-refractivity contribution < 1.29 is 14.4 Å². The van der Waals surface area contributed by atoms with Crippen molar-refractivity contribution in [3.05, 3.63) is 29.8 Å². The number of nitrogens with zero attached hydrogens (tertiary/aromatic N) is 2. The molecule has 1 saturated carbocycles. The fraction of sp³-hybridized carbons (Fsp3) is 0.591. The van der Waals surface area contributed by atoms with Crippen molar-refractivity contribution in [3.8, 4) is 0 Å². The molecular weight excluding hydrogens is 368 g/mol. The number of carbonyl (C=O) groups is 3. The topological polar surface area (TPSA) is 81.8 Å². The predicted molar refractivity (Wildman–Crippen MR) is 113 cm³/mol. The van der Waals surface area contributed by atoms with Crippen molar-refractivity contribution in [2.75, 3.05) is 37.6 Å². The fourth-order valence-corrected chi connectivity index (χ4v) is 4.18. The Morgan fingerprint density at radius 3 is 2.28 bits per heavy atom. The summed E-state index contributed by atoms with van der Waals surface area (Å²) < 4.78 is 0. The third-order valence-electron chi connectivity index (χ3n) is 6.06. The maximum absolute atomic E-state index is 12.2. The number of urea groups is 1. The number of Topliss-reactive ketones (excluding diaryl/α,β-unsaturated/α-hetero) is 1. The molecule has 1 aliphatic heterocycles. The van der Waals surface area contributed by atoms with Gasteiger partial charge in [-0.25, -0.2) is 4.79 Å². The first-order valence-electron chi connectivity index (χ1n) is 10.6. The van der Waals surface area contributed by atoms with Gasteiger partial charge in [0.15, 0.2) is 5.78 Å². The highest BCUT2D eigenvalue weighted by Gasteiger charge is 2.24. The zero-order valence-corrected chi connectivity index (χ0v) is 17.4. The molecule has 2 fully saturated rings. The smallest absolute Gasteiger partial charge is 0.321 e. The molecule has 0 radical (unpaired) electrons. The van der Waals surface area contributed by atoms with Gasteiger partial charge in [0.05, 0.1) is 6.54 Å². The summed E-state index contributed by atoms with van der Waals surface area (Å²) >= 11 is 0. The normalized spacial score (nSPS) is 22.8. The fourth-order valence-electron chi connectivity index (χ4n) is 4.18. The van der Waals surface area contributed by atoms with E-state index in [-0.39, 0.29) is 30.3 Å². The van der Waals surface area contributed by atoms with Crippen LogP contribution in [-0.4, -0.2) is 61.4 Å². The molecule has 0 spiro atoms. The number of hydrogen-bond acceptors (Lipinski definition) is 5. The summed E-state index contributed by atoms with van der Waals surface area (Å²) in [6.07, 6.45) is 4.45. The lowest BCUT2D eigenvalue weighted by atomic mass is 9.86. The van der Waals surface area contributed by atoms with E-state index in [9.17, 15) is 14.4 Å². The molecular formula is C22H32N4O3. The van der Waals surface area contributed by atoms with Crippen LogP contribution in [0.1, 0.15) is 49.9 Å². The van der Waals surface area contributed by atoms with Crippen LogP contribution in [-0.2, 0) is 4.79 Å². The van der Waals surface area contributed by atoms with E-state index in [2.05, 4.69) is 27.4 Å². The van der Waals surface area contributed by atoms with E-state index in [4.69, 9.17) is 0 Å². The standard InChI is InChI=1S/C22H32N4O3/c1-16-5-3-4-6-20(16)23-22(29)24-21(28)15-25-11-13-26(14-12-25)19-9-7-18(8-10-19)17(2)27/h7-10,16,20H,3-6,11-15H2,1-2H3,(H2,23,24,28,29). The van der Waals surface area contributed by atoms with Crippen LogP contribution in [0.15, 0.2) is 24.3 Å². The maximum Gasteiger partial charge on any atom is 0.321 e. The summed E-state index contributed by atoms with van der Waals surface area (Å²) in [5.41, 5.74) is 1.80. The highest BCUT2D eigenvalue weighted by Crippen LogP contribution is 2.23. The van der Waals surface area contributed by atoms with E-state index in [1.807, 2.05) is 24.3 Å². The van der Waals surface area contributed by atoms with Gasteiger partial charge in [-0.3, -0.25) is 19.8 Å². The van der Waals surface area contributed by atoms with Gasteiger partial charge in [-0.1, -0.05) is 19.8 Å². The van der Waals surface area contributed by atoms with Gasteiger partial charge in [-0.05, 0) is 49.9 Å². The largest absolute Gasteiger partial charge is 0.369 e. The molecule has 29 heavy (non-hydrogen) atoms. The number of anilines is 1. The summed E-state index contributed by atoms with van der Waals surface area (Å²) in [5.74, 6) is 0.266. The molecule has 158 valence electrons. The average Bonchev–Trinajstić information content (AvgIpc) is 2.70. The van der Waals surface area contributed by atoms with Crippen LogP contribution < -0.4 is 15.5 Å². The minimum absolute atomic E-state index is 0.0642. The Morgan fingerprint density at radius 1 is 1.00 bits per heavy atom. The van der Waals surface area contributed by atoms with Crippen molar-refractivity contribution in [2.24, 2.45) is 5.92 Å². The molecule has 7 nitrogen and oxygen atoms in total. The molecule has 1 aliphatic carbocycles. The van der Waals surface area contributed by atoms with Gasteiger partial charge in [-0.2, -0.15) is 0 Å². The van der Waals surface area contributed by atoms with Gasteiger partial charge >= 0.3 is 6.03 Å². The monoisotopic (exact) mass is 400 g/mol. The predicted octanol–water partition coefficient (Wildman–Crippen LogP) is 2.42. The van der Waals surface area contributed by atoms with E-state index in [1.54, 1.807) is 6.92 Å². The molecule has 2 N–H and O–H groups in total. The average molecular weight is 401 g/mol. The van der Waals surface area contributed by atoms with Gasteiger partial charge < -0.3 is 10.2 Å². The van der Waals surface area contributed by atoms with E-state index in [1.165, 1.54) is 6.42 Å². The lowest BCUT2D eigenvalue weighted by Crippen LogP contribution is -2.52. The molecule has 0 bridgehead atoms. The number of rotatable bonds is 5. The summed E-state index contributed by atoms with van der Waals surface area (Å²) in [6.45, 7) is 7.06. The van der Waals surface area contributed by atoms with E-state index < -0.39 is 0 Å². The Balaban J connectivity index is 1.40. The van der Waals surface area contributed by atoms with Crippen LogP contribution in [0.5, 0.6) is 0 Å². The first-order chi connectivity index (χ1) is 13.9. The summed E-state index contributed by atoms with van der Waals surface area (Å²) in [7, 11) is 0. The number of ketones is 1. The zero-order chi connectivity index (χ0) is 20.8. The molecule has 1 saturated heterocycles. The minimum atomic E-state index is -0.377. The third kappa shape index (κ3) is 6.03. The van der Waals surface area contributed by atoms with Crippen LogP contribution in [0.2, 0.25) is 0 Å². The molecule has 1 aromatic carbocycles. The Bertz CT molecular complexity index is 726. The second-order valence-corrected chi connectivity index (χ2v) is 8.26. The Morgan fingerprint density at radius 2 is 1.66 bits per heavy atom. The van der Waals surface area contributed by atoms with Gasteiger partial charge in [0.1, 0.15) is 0 Å². The van der Waals surface area contributed by atoms with Gasteiger partial charge in [0.25, 0.3) is 0 Å². The second-order valence-electron chi connectivity index (χ2n) is 8.26. The summed E-state index contributed by atoms with van der Waals surface area (Å²) in [4.78, 5) is 40.1. The molecule has 2 atom stereocenters. The molecule has 2 aliphatic rings. The first-order valence-corrected chi connectivity index (χ1v) is 10.6. The van der Waals surface area contributed by atoms with Gasteiger partial charge in [0.2, 0.25) is 5.91 Å². The number of benzene rings is 1. The molecule has 3 amide bonds. The lowest BCUT2D eigenvalue weighted by Gasteiger charge is -2.35. The highest BCUT2D eigenvalue weighted by atomic mass is 16.2. The van der Waals surface area contributed by atoms with Crippen LogP contribution in [0.3, 0.4) is 0 Å². The number of carbonyl (C=O) groups excluding carboxylic acids is 3. The molecule has 2 unspecified atom stereocenters. The number of nitrogens with one attached hydrogen (secondary N) is 2. The molecule has 1 heterocycles. The maximum atomic E-state index is 12.2. The molecule has 3 rings (SSSR count). The van der Waals surface area contributed by atoms with E-state index in [0.717, 1.165) is 51.1 Å². The van der Waals surface area contributed by atoms with E-state index in [0.29, 0.717) is 11.5 Å². The first kappa shape index (κ1) is 21.3. The zero-order valence-electron chi connectivity index (χ0n) is 17.4. The summed E-state index contributed by atoms with van der Waals surface area (Å²) in [5, 5.41) is 5.43. The van der Waals surface area contributed by atoms with Crippen molar-refractivity contribution in [2.45, 2.75) is 45.6 Å². The number of imide groups is 1. The van der Waals surface area contributed by atoms with Crippen molar-refractivity contribution in [3.63, 3.8) is 0 Å². The third-order valence-corrected chi connectivity index (χ3v) is 6.06. The van der Waals surface area contributed by atoms with Crippen molar-refractivity contribution in [1.29, 1.82) is 0 Å². The molecule has 1 aromatic rings. The quantitative estimate of drug-likeness (QED) is 0.742. The Kier molecular flexibility index (Phi) is 7.25. The van der Waals surface area contributed by atoms with Crippen molar-refractivity contribution in [1.82, 2.24) is 15.5 Å². The van der Waals surface area contributed by atoms with Crippen LogP contribution in [0.25, 0.3) is 0 Å². The molecule has 7 heteroatoms. The SMILES string of the molecule is CC(=O)c1ccc(N2CCN(CC(=O)NC(=O)NC3CCCCC3C)CC2)cc1. The number of piperazine rings is 1.